The average Bonchev–Trinajstić information content (AvgIpc) is 2.85. The van der Waals surface area contributed by atoms with E-state index in [1.165, 1.54) is 6.33 Å². The van der Waals surface area contributed by atoms with E-state index in [0.29, 0.717) is 30.5 Å². The van der Waals surface area contributed by atoms with E-state index < -0.39 is 0 Å². The first-order chi connectivity index (χ1) is 9.70. The first-order valence-electron chi connectivity index (χ1n) is 6.67. The van der Waals surface area contributed by atoms with E-state index in [0.717, 1.165) is 18.5 Å². The molecule has 2 aromatic rings. The van der Waals surface area contributed by atoms with Gasteiger partial charge < -0.3 is 15.8 Å². The van der Waals surface area contributed by atoms with E-state index in [4.69, 9.17) is 10.5 Å². The van der Waals surface area contributed by atoms with Crippen LogP contribution in [0.25, 0.3) is 0 Å². The Labute approximate surface area is 118 Å². The quantitative estimate of drug-likeness (QED) is 0.795. The number of hydrogen-bond acceptors (Lipinski definition) is 6. The van der Waals surface area contributed by atoms with Gasteiger partial charge in [0, 0.05) is 12.7 Å². The molecule has 3 N–H and O–H groups in total. The van der Waals surface area contributed by atoms with Crippen LogP contribution < -0.4 is 15.8 Å². The Morgan fingerprint density at radius 3 is 2.95 bits per heavy atom. The van der Waals surface area contributed by atoms with Gasteiger partial charge >= 0.3 is 0 Å². The SMILES string of the molecule is CCCOc1ncnc(NCCn2cc(C)cn2)c1N. The van der Waals surface area contributed by atoms with E-state index in [1.807, 2.05) is 30.9 Å². The highest BCUT2D eigenvalue weighted by Crippen LogP contribution is 2.24. The standard InChI is InChI=1S/C13H20N6O/c1-3-6-20-13-11(14)12(16-9-17-13)15-4-5-19-8-10(2)7-18-19/h7-9H,3-6,14H2,1-2H3,(H,15,16,17). The maximum absolute atomic E-state index is 5.97. The minimum Gasteiger partial charge on any atom is -0.476 e. The number of ether oxygens (including phenoxy) is 1. The minimum absolute atomic E-state index is 0.430. The Bertz CT molecular complexity index is 554. The van der Waals surface area contributed by atoms with Gasteiger partial charge in [0.25, 0.3) is 0 Å². The molecule has 0 aliphatic carbocycles. The normalized spacial score (nSPS) is 10.5. The molecule has 0 unspecified atom stereocenters. The number of nitrogens with zero attached hydrogens (tertiary/aromatic N) is 4. The topological polar surface area (TPSA) is 90.9 Å². The summed E-state index contributed by atoms with van der Waals surface area (Å²) in [6, 6.07) is 0. The predicted molar refractivity (Wildman–Crippen MR) is 77.7 cm³/mol. The molecule has 0 aliphatic heterocycles. The van der Waals surface area contributed by atoms with Crippen molar-refractivity contribution in [3.63, 3.8) is 0 Å². The van der Waals surface area contributed by atoms with E-state index in [2.05, 4.69) is 20.4 Å². The highest BCUT2D eigenvalue weighted by molar-refractivity contribution is 5.66. The van der Waals surface area contributed by atoms with Crippen LogP contribution in [0, 0.1) is 6.92 Å². The van der Waals surface area contributed by atoms with Gasteiger partial charge in [-0.05, 0) is 18.9 Å². The second-order valence-electron chi connectivity index (χ2n) is 4.50. The Hall–Kier alpha value is -2.31. The van der Waals surface area contributed by atoms with Gasteiger partial charge in [-0.1, -0.05) is 6.92 Å². The summed E-state index contributed by atoms with van der Waals surface area (Å²) in [5, 5.41) is 7.39. The summed E-state index contributed by atoms with van der Waals surface area (Å²) < 4.78 is 7.33. The van der Waals surface area contributed by atoms with Crippen LogP contribution in [0.5, 0.6) is 5.88 Å². The van der Waals surface area contributed by atoms with E-state index in [9.17, 15) is 0 Å². The second kappa shape index (κ2) is 6.74. The first-order valence-corrected chi connectivity index (χ1v) is 6.67. The molecule has 0 radical (unpaired) electrons. The first kappa shape index (κ1) is 14.1. The molecule has 108 valence electrons. The van der Waals surface area contributed by atoms with Gasteiger partial charge in [-0.3, -0.25) is 4.68 Å². The lowest BCUT2D eigenvalue weighted by atomic mass is 10.4. The van der Waals surface area contributed by atoms with Crippen LogP contribution in [0.2, 0.25) is 0 Å². The van der Waals surface area contributed by atoms with Crippen molar-refractivity contribution in [3.8, 4) is 5.88 Å². The zero-order chi connectivity index (χ0) is 14.4. The van der Waals surface area contributed by atoms with Gasteiger partial charge in [0.2, 0.25) is 5.88 Å². The molecule has 2 rings (SSSR count). The number of aryl methyl sites for hydroxylation is 1. The molecule has 2 heterocycles. The molecule has 0 fully saturated rings. The summed E-state index contributed by atoms with van der Waals surface area (Å²) in [5.41, 5.74) is 7.56. The van der Waals surface area contributed by atoms with E-state index in [-0.39, 0.29) is 0 Å². The third kappa shape index (κ3) is 3.59. The van der Waals surface area contributed by atoms with Gasteiger partial charge in [-0.2, -0.15) is 10.1 Å². The van der Waals surface area contributed by atoms with Crippen molar-refractivity contribution >= 4 is 11.5 Å². The fourth-order valence-electron chi connectivity index (χ4n) is 1.71. The second-order valence-corrected chi connectivity index (χ2v) is 4.50. The fourth-order valence-corrected chi connectivity index (χ4v) is 1.71. The van der Waals surface area contributed by atoms with Crippen LogP contribution in [0.1, 0.15) is 18.9 Å². The summed E-state index contributed by atoms with van der Waals surface area (Å²) in [4.78, 5) is 8.16. The molecular weight excluding hydrogens is 256 g/mol. The maximum atomic E-state index is 5.97. The predicted octanol–water partition coefficient (Wildman–Crippen LogP) is 1.46. The minimum atomic E-state index is 0.430. The maximum Gasteiger partial charge on any atom is 0.242 e. The molecule has 0 spiro atoms. The summed E-state index contributed by atoms with van der Waals surface area (Å²) in [6.45, 7) is 6.05. The Morgan fingerprint density at radius 1 is 1.40 bits per heavy atom. The van der Waals surface area contributed by atoms with Crippen LogP contribution in [-0.4, -0.2) is 32.9 Å². The van der Waals surface area contributed by atoms with Gasteiger partial charge in [-0.15, -0.1) is 0 Å². The number of nitrogens with one attached hydrogen (secondary N) is 1. The van der Waals surface area contributed by atoms with Gasteiger partial charge in [-0.25, -0.2) is 4.98 Å². The highest BCUT2D eigenvalue weighted by atomic mass is 16.5. The number of anilines is 2. The lowest BCUT2D eigenvalue weighted by Gasteiger charge is -2.11. The molecule has 7 nitrogen and oxygen atoms in total. The molecule has 20 heavy (non-hydrogen) atoms. The van der Waals surface area contributed by atoms with Crippen molar-refractivity contribution in [1.29, 1.82) is 0 Å². The van der Waals surface area contributed by atoms with Crippen molar-refractivity contribution in [2.75, 3.05) is 24.2 Å². The Kier molecular flexibility index (Phi) is 4.75. The van der Waals surface area contributed by atoms with Crippen molar-refractivity contribution in [2.45, 2.75) is 26.8 Å². The van der Waals surface area contributed by atoms with E-state index >= 15 is 0 Å². The largest absolute Gasteiger partial charge is 0.476 e. The van der Waals surface area contributed by atoms with Crippen LogP contribution in [0.15, 0.2) is 18.7 Å². The highest BCUT2D eigenvalue weighted by Gasteiger charge is 2.08. The molecule has 0 amide bonds. The Balaban J connectivity index is 1.92. The average molecular weight is 276 g/mol. The summed E-state index contributed by atoms with van der Waals surface area (Å²) in [6.07, 6.45) is 6.17. The molecule has 7 heteroatoms. The zero-order valence-electron chi connectivity index (χ0n) is 11.8. The lowest BCUT2D eigenvalue weighted by Crippen LogP contribution is -2.14. The van der Waals surface area contributed by atoms with Crippen LogP contribution in [0.4, 0.5) is 11.5 Å². The molecule has 0 saturated heterocycles. The van der Waals surface area contributed by atoms with Gasteiger partial charge in [0.05, 0.1) is 19.3 Å². The number of hydrogen-bond donors (Lipinski definition) is 2. The van der Waals surface area contributed by atoms with Crippen LogP contribution in [0.3, 0.4) is 0 Å². The number of rotatable bonds is 7. The van der Waals surface area contributed by atoms with Crippen molar-refractivity contribution in [3.05, 3.63) is 24.3 Å². The van der Waals surface area contributed by atoms with Gasteiger partial charge in [0.15, 0.2) is 5.82 Å². The monoisotopic (exact) mass is 276 g/mol. The van der Waals surface area contributed by atoms with Crippen molar-refractivity contribution in [1.82, 2.24) is 19.7 Å². The van der Waals surface area contributed by atoms with Gasteiger partial charge in [0.1, 0.15) is 12.0 Å². The van der Waals surface area contributed by atoms with E-state index in [1.54, 1.807) is 0 Å². The van der Waals surface area contributed by atoms with Crippen molar-refractivity contribution < 1.29 is 4.74 Å². The lowest BCUT2D eigenvalue weighted by molar-refractivity contribution is 0.306. The third-order valence-electron chi connectivity index (χ3n) is 2.69. The number of aromatic nitrogens is 4. The third-order valence-corrected chi connectivity index (χ3v) is 2.69. The Morgan fingerprint density at radius 2 is 2.25 bits per heavy atom. The number of nitrogen functional groups attached to an aromatic ring is 1. The fraction of sp³-hybridized carbons (Fsp3) is 0.462. The molecule has 0 saturated carbocycles. The molecule has 0 bridgehead atoms. The molecule has 0 aliphatic rings. The summed E-state index contributed by atoms with van der Waals surface area (Å²) in [7, 11) is 0. The summed E-state index contributed by atoms with van der Waals surface area (Å²) >= 11 is 0. The molecular formula is C13H20N6O. The summed E-state index contributed by atoms with van der Waals surface area (Å²) in [5.74, 6) is 1.02. The van der Waals surface area contributed by atoms with Crippen molar-refractivity contribution in [2.24, 2.45) is 0 Å². The number of nitrogens with two attached hydrogens (primary N) is 1. The van der Waals surface area contributed by atoms with Crippen LogP contribution >= 0.6 is 0 Å². The molecule has 0 atom stereocenters. The molecule has 2 aromatic heterocycles. The van der Waals surface area contributed by atoms with Crippen LogP contribution in [-0.2, 0) is 6.54 Å². The molecule has 0 aromatic carbocycles. The smallest absolute Gasteiger partial charge is 0.242 e. The zero-order valence-corrected chi connectivity index (χ0v) is 11.8.